The number of thioether (sulfide) groups is 1. The Morgan fingerprint density at radius 2 is 1.54 bits per heavy atom. The third-order valence-electron chi connectivity index (χ3n) is 3.39. The van der Waals surface area contributed by atoms with Crippen LogP contribution in [0.15, 0.2) is 0 Å². The third-order valence-corrected chi connectivity index (χ3v) is 4.97. The molecule has 0 rings (SSSR count). The van der Waals surface area contributed by atoms with Crippen LogP contribution in [-0.2, 0) is 0 Å². The van der Waals surface area contributed by atoms with Crippen molar-refractivity contribution in [2.45, 2.75) is 53.2 Å². The Hall–Kier alpha value is 0.440. The zero-order valence-corrected chi connectivity index (χ0v) is 11.5. The van der Waals surface area contributed by atoms with Crippen molar-refractivity contribution in [3.63, 3.8) is 0 Å². The topological polar surface area (TPSA) is 0 Å². The normalized spacial score (nSPS) is 13.5. The molecule has 0 N–H and O–H groups in total. The van der Waals surface area contributed by atoms with Crippen molar-refractivity contribution in [1.82, 2.24) is 0 Å². The first kappa shape index (κ1) is 13.4. The summed E-state index contributed by atoms with van der Waals surface area (Å²) in [6.07, 6.45) is 0. The molecule has 0 spiro atoms. The van der Waals surface area contributed by atoms with Gasteiger partial charge in [0.25, 0.3) is 0 Å². The van der Waals surface area contributed by atoms with Gasteiger partial charge in [-0.25, -0.2) is 0 Å². The smallest absolute Gasteiger partial charge is 0.0452 e. The molecule has 0 aromatic rings. The molecule has 13 heavy (non-hydrogen) atoms. The van der Waals surface area contributed by atoms with E-state index in [0.29, 0.717) is 11.3 Å². The van der Waals surface area contributed by atoms with Gasteiger partial charge in [0.15, 0.2) is 0 Å². The van der Waals surface area contributed by atoms with E-state index in [-0.39, 0.29) is 4.75 Å². The molecular weight excluding hydrogens is 196 g/mol. The second-order valence-electron chi connectivity index (χ2n) is 4.98. The largest absolute Gasteiger partial charge is 0.112 e. The molecule has 2 heteroatoms. The average Bonchev–Trinajstić information content (AvgIpc) is 1.83. The summed E-state index contributed by atoms with van der Waals surface area (Å²) in [7, 11) is 0. The van der Waals surface area contributed by atoms with E-state index in [1.54, 1.807) is 0 Å². The molecule has 0 amide bonds. The Labute approximate surface area is 92.9 Å². The van der Waals surface area contributed by atoms with Gasteiger partial charge in [0.05, 0.1) is 0 Å². The fraction of sp³-hybridized carbons (Fsp3) is 0.909. The lowest BCUT2D eigenvalue weighted by Crippen LogP contribution is -2.40. The standard InChI is InChI=1S/C11H22S2/c1-8(2)10(4,5)11(6,7)13-9(3)12/h8H,1-7H3. The van der Waals surface area contributed by atoms with E-state index in [9.17, 15) is 0 Å². The summed E-state index contributed by atoms with van der Waals surface area (Å²) in [5.41, 5.74) is 0.303. The fourth-order valence-corrected chi connectivity index (χ4v) is 3.03. The lowest BCUT2D eigenvalue weighted by Gasteiger charge is -2.44. The minimum Gasteiger partial charge on any atom is -0.112 e. The molecule has 0 aliphatic carbocycles. The Morgan fingerprint density at radius 3 is 1.77 bits per heavy atom. The first-order chi connectivity index (χ1) is 5.61. The van der Waals surface area contributed by atoms with Crippen molar-refractivity contribution in [3.8, 4) is 0 Å². The summed E-state index contributed by atoms with van der Waals surface area (Å²) in [5, 5.41) is 0. The summed E-state index contributed by atoms with van der Waals surface area (Å²) in [4.78, 5) is 0. The summed E-state index contributed by atoms with van der Waals surface area (Å²) in [5.74, 6) is 0.671. The predicted molar refractivity (Wildman–Crippen MR) is 68.6 cm³/mol. The lowest BCUT2D eigenvalue weighted by atomic mass is 9.72. The van der Waals surface area contributed by atoms with Gasteiger partial charge >= 0.3 is 0 Å². The summed E-state index contributed by atoms with van der Waals surface area (Å²) in [6, 6.07) is 0. The number of hydrogen-bond donors (Lipinski definition) is 0. The van der Waals surface area contributed by atoms with Crippen LogP contribution in [0, 0.1) is 11.3 Å². The summed E-state index contributed by atoms with van der Waals surface area (Å²) >= 11 is 6.99. The van der Waals surface area contributed by atoms with Crippen LogP contribution in [0.25, 0.3) is 0 Å². The summed E-state index contributed by atoms with van der Waals surface area (Å²) < 4.78 is 1.26. The monoisotopic (exact) mass is 218 g/mol. The molecule has 0 atom stereocenters. The maximum Gasteiger partial charge on any atom is 0.0452 e. The van der Waals surface area contributed by atoms with E-state index in [1.165, 1.54) is 0 Å². The quantitative estimate of drug-likeness (QED) is 0.638. The van der Waals surface area contributed by atoms with Crippen molar-refractivity contribution >= 4 is 28.2 Å². The molecule has 0 nitrogen and oxygen atoms in total. The van der Waals surface area contributed by atoms with Gasteiger partial charge in [-0.15, -0.1) is 11.8 Å². The third kappa shape index (κ3) is 3.25. The van der Waals surface area contributed by atoms with E-state index in [4.69, 9.17) is 12.2 Å². The zero-order chi connectivity index (χ0) is 10.9. The zero-order valence-electron chi connectivity index (χ0n) is 9.89. The summed E-state index contributed by atoms with van der Waals surface area (Å²) in [6.45, 7) is 15.8. The van der Waals surface area contributed by atoms with Gasteiger partial charge in [-0.1, -0.05) is 39.9 Å². The van der Waals surface area contributed by atoms with Crippen molar-refractivity contribution in [2.75, 3.05) is 0 Å². The number of thiocarbonyl (C=S) groups is 1. The van der Waals surface area contributed by atoms with Crippen LogP contribution in [0.2, 0.25) is 0 Å². The van der Waals surface area contributed by atoms with Gasteiger partial charge in [0.1, 0.15) is 0 Å². The van der Waals surface area contributed by atoms with E-state index in [0.717, 1.165) is 4.20 Å². The first-order valence-electron chi connectivity index (χ1n) is 4.81. The van der Waals surface area contributed by atoms with E-state index in [2.05, 4.69) is 41.5 Å². The Bertz CT molecular complexity index is 190. The van der Waals surface area contributed by atoms with Crippen molar-refractivity contribution in [1.29, 1.82) is 0 Å². The fourth-order valence-electron chi connectivity index (χ4n) is 1.19. The number of rotatable bonds is 3. The first-order valence-corrected chi connectivity index (χ1v) is 6.03. The van der Waals surface area contributed by atoms with Crippen LogP contribution < -0.4 is 0 Å². The highest BCUT2D eigenvalue weighted by Gasteiger charge is 2.40. The minimum atomic E-state index is 0.215. The van der Waals surface area contributed by atoms with Crippen LogP contribution in [0.1, 0.15) is 48.5 Å². The molecule has 78 valence electrons. The molecule has 0 aromatic carbocycles. The lowest BCUT2D eigenvalue weighted by molar-refractivity contribution is 0.192. The Kier molecular flexibility index (Phi) is 4.45. The van der Waals surface area contributed by atoms with Gasteiger partial charge in [0, 0.05) is 8.94 Å². The van der Waals surface area contributed by atoms with E-state index >= 15 is 0 Å². The van der Waals surface area contributed by atoms with Crippen LogP contribution in [-0.4, -0.2) is 8.94 Å². The second-order valence-corrected chi connectivity index (χ2v) is 7.69. The van der Waals surface area contributed by atoms with Crippen molar-refractivity contribution in [2.24, 2.45) is 11.3 Å². The number of hydrogen-bond acceptors (Lipinski definition) is 2. The van der Waals surface area contributed by atoms with Crippen LogP contribution in [0.4, 0.5) is 0 Å². The molecule has 0 aromatic heterocycles. The van der Waals surface area contributed by atoms with Gasteiger partial charge in [-0.3, -0.25) is 0 Å². The molecule has 0 aliphatic rings. The highest BCUT2D eigenvalue weighted by Crippen LogP contribution is 2.46. The van der Waals surface area contributed by atoms with Crippen LogP contribution >= 0.6 is 24.0 Å². The maximum absolute atomic E-state index is 5.16. The molecule has 0 bridgehead atoms. The molecule has 0 radical (unpaired) electrons. The molecular formula is C11H22S2. The minimum absolute atomic E-state index is 0.215. The van der Waals surface area contributed by atoms with Crippen LogP contribution in [0.5, 0.6) is 0 Å². The van der Waals surface area contributed by atoms with E-state index < -0.39 is 0 Å². The SMILES string of the molecule is CC(=S)SC(C)(C)C(C)(C)C(C)C. The maximum atomic E-state index is 5.16. The van der Waals surface area contributed by atoms with Gasteiger partial charge < -0.3 is 0 Å². The van der Waals surface area contributed by atoms with Gasteiger partial charge in [-0.05, 0) is 32.1 Å². The second kappa shape index (κ2) is 4.31. The molecule has 0 unspecified atom stereocenters. The molecule has 0 saturated heterocycles. The molecule has 0 saturated carbocycles. The van der Waals surface area contributed by atoms with E-state index in [1.807, 2.05) is 18.7 Å². The Balaban J connectivity index is 4.70. The van der Waals surface area contributed by atoms with Gasteiger partial charge in [-0.2, -0.15) is 0 Å². The van der Waals surface area contributed by atoms with Crippen LogP contribution in [0.3, 0.4) is 0 Å². The van der Waals surface area contributed by atoms with Gasteiger partial charge in [0.2, 0.25) is 0 Å². The average molecular weight is 218 g/mol. The van der Waals surface area contributed by atoms with Crippen molar-refractivity contribution < 1.29 is 0 Å². The molecule has 0 aliphatic heterocycles. The molecule has 0 heterocycles. The Morgan fingerprint density at radius 1 is 1.15 bits per heavy atom. The highest BCUT2D eigenvalue weighted by molar-refractivity contribution is 8.23. The predicted octanol–water partition coefficient (Wildman–Crippen LogP) is 4.53. The van der Waals surface area contributed by atoms with Crippen molar-refractivity contribution in [3.05, 3.63) is 0 Å². The highest BCUT2D eigenvalue weighted by atomic mass is 32.2. The molecule has 0 fully saturated rings.